The molecular formula is C13H18NO4S. The van der Waals surface area contributed by atoms with Crippen molar-refractivity contribution in [1.82, 2.24) is 5.14 Å². The second kappa shape index (κ2) is 6.79. The van der Waals surface area contributed by atoms with Gasteiger partial charge in [0.25, 0.3) is 0 Å². The highest BCUT2D eigenvalue weighted by molar-refractivity contribution is 7.90. The van der Waals surface area contributed by atoms with Crippen LogP contribution in [0.4, 0.5) is 0 Å². The van der Waals surface area contributed by atoms with E-state index >= 15 is 0 Å². The van der Waals surface area contributed by atoms with Crippen LogP contribution in [0.3, 0.4) is 0 Å². The molecule has 0 bridgehead atoms. The Morgan fingerprint density at radius 1 is 1.26 bits per heavy atom. The summed E-state index contributed by atoms with van der Waals surface area (Å²) in [6, 6.07) is 8.15. The van der Waals surface area contributed by atoms with Crippen LogP contribution in [0, 0.1) is 0 Å². The summed E-state index contributed by atoms with van der Waals surface area (Å²) in [6.07, 6.45) is -0.0431. The van der Waals surface area contributed by atoms with Gasteiger partial charge in [-0.25, -0.2) is 8.42 Å². The summed E-state index contributed by atoms with van der Waals surface area (Å²) in [5, 5.41) is 5.78. The van der Waals surface area contributed by atoms with E-state index in [-0.39, 0.29) is 19.1 Å². The maximum absolute atomic E-state index is 12.1. The lowest BCUT2D eigenvalue weighted by Crippen LogP contribution is -2.32. The zero-order valence-corrected chi connectivity index (χ0v) is 11.8. The van der Waals surface area contributed by atoms with Gasteiger partial charge in [0.1, 0.15) is 5.25 Å². The molecule has 1 unspecified atom stereocenters. The maximum Gasteiger partial charge on any atom is 0.235 e. The van der Waals surface area contributed by atoms with Gasteiger partial charge < -0.3 is 4.74 Å². The fourth-order valence-electron chi connectivity index (χ4n) is 1.63. The minimum Gasteiger partial charge on any atom is -0.379 e. The van der Waals surface area contributed by atoms with Crippen molar-refractivity contribution in [3.63, 3.8) is 0 Å². The third-order valence-electron chi connectivity index (χ3n) is 2.56. The van der Waals surface area contributed by atoms with Gasteiger partial charge in [0.05, 0.1) is 6.10 Å². The number of ketones is 1. The van der Waals surface area contributed by atoms with Crippen LogP contribution in [0.25, 0.3) is 0 Å². The molecule has 0 aliphatic heterocycles. The zero-order valence-electron chi connectivity index (χ0n) is 11.0. The number of benzene rings is 1. The minimum absolute atomic E-state index is 0.00224. The van der Waals surface area contributed by atoms with Gasteiger partial charge in [0.2, 0.25) is 10.0 Å². The van der Waals surface area contributed by atoms with Crippen LogP contribution in [-0.4, -0.2) is 32.2 Å². The summed E-state index contributed by atoms with van der Waals surface area (Å²) in [7, 11) is -4.19. The quantitative estimate of drug-likeness (QED) is 0.713. The number of nitrogens with one attached hydrogen (secondary N) is 1. The van der Waals surface area contributed by atoms with E-state index in [2.05, 4.69) is 0 Å². The number of ether oxygens (including phenoxy) is 1. The van der Waals surface area contributed by atoms with Gasteiger partial charge in [0.15, 0.2) is 5.78 Å². The minimum atomic E-state index is -4.19. The Hall–Kier alpha value is -1.24. The Balaban J connectivity index is 2.84. The average molecular weight is 284 g/mol. The highest BCUT2D eigenvalue weighted by Gasteiger charge is 2.30. The van der Waals surface area contributed by atoms with E-state index in [0.29, 0.717) is 5.56 Å². The molecule has 0 aromatic heterocycles. The molecule has 0 saturated carbocycles. The van der Waals surface area contributed by atoms with Gasteiger partial charge in [-0.3, -0.25) is 4.79 Å². The van der Waals surface area contributed by atoms with Crippen molar-refractivity contribution < 1.29 is 17.9 Å². The number of hydrogen-bond acceptors (Lipinski definition) is 4. The summed E-state index contributed by atoms with van der Waals surface area (Å²) in [4.78, 5) is 12.1. The van der Waals surface area contributed by atoms with E-state index in [1.807, 2.05) is 13.8 Å². The highest BCUT2D eigenvalue weighted by Crippen LogP contribution is 2.13. The second-order valence-electron chi connectivity index (χ2n) is 4.47. The predicted molar refractivity (Wildman–Crippen MR) is 72.3 cm³/mol. The van der Waals surface area contributed by atoms with Crippen molar-refractivity contribution >= 4 is 15.8 Å². The molecule has 0 heterocycles. The van der Waals surface area contributed by atoms with Crippen molar-refractivity contribution in [2.75, 3.05) is 6.61 Å². The molecule has 1 atom stereocenters. The maximum atomic E-state index is 12.1. The van der Waals surface area contributed by atoms with Gasteiger partial charge >= 0.3 is 0 Å². The number of carbonyl (C=O) groups is 1. The van der Waals surface area contributed by atoms with Gasteiger partial charge in [-0.15, -0.1) is 5.14 Å². The fourth-order valence-corrected chi connectivity index (χ4v) is 2.45. The third kappa shape index (κ3) is 5.10. The van der Waals surface area contributed by atoms with E-state index < -0.39 is 21.1 Å². The number of carbonyl (C=O) groups excluding carboxylic acids is 1. The van der Waals surface area contributed by atoms with E-state index in [4.69, 9.17) is 9.88 Å². The zero-order chi connectivity index (χ0) is 14.5. The van der Waals surface area contributed by atoms with Crippen LogP contribution in [0.1, 0.15) is 30.6 Å². The first kappa shape index (κ1) is 15.8. The Bertz CT molecular complexity index is 511. The molecule has 0 aliphatic rings. The Morgan fingerprint density at radius 3 is 2.32 bits per heavy atom. The van der Waals surface area contributed by atoms with E-state index in [0.717, 1.165) is 0 Å². The van der Waals surface area contributed by atoms with Crippen molar-refractivity contribution in [1.29, 1.82) is 0 Å². The second-order valence-corrected chi connectivity index (χ2v) is 6.13. The monoisotopic (exact) mass is 284 g/mol. The number of hydrogen-bond donors (Lipinski definition) is 0. The van der Waals surface area contributed by atoms with Crippen LogP contribution in [0.2, 0.25) is 0 Å². The lowest BCUT2D eigenvalue weighted by molar-refractivity contribution is 0.0726. The SMILES string of the molecule is CC(C)OCCC(C(=O)c1ccccc1)S([NH])(=O)=O. The van der Waals surface area contributed by atoms with E-state index in [1.165, 1.54) is 0 Å². The van der Waals surface area contributed by atoms with Crippen LogP contribution in [0.15, 0.2) is 30.3 Å². The normalized spacial score (nSPS) is 13.5. The Labute approximate surface area is 113 Å². The number of Topliss-reactive ketones (excluding diaryl/α,β-unsaturated/α-hetero) is 1. The summed E-state index contributed by atoms with van der Waals surface area (Å²) >= 11 is 0. The molecule has 1 rings (SSSR count). The molecule has 0 aliphatic carbocycles. The molecule has 1 aromatic rings. The molecule has 1 radical (unpaired) electrons. The van der Waals surface area contributed by atoms with E-state index in [1.54, 1.807) is 30.3 Å². The third-order valence-corrected chi connectivity index (χ3v) is 3.76. The first-order valence-electron chi connectivity index (χ1n) is 6.01. The molecule has 19 heavy (non-hydrogen) atoms. The van der Waals surface area contributed by atoms with Crippen molar-refractivity contribution in [2.45, 2.75) is 31.6 Å². The molecule has 0 saturated heterocycles. The lowest BCUT2D eigenvalue weighted by atomic mass is 10.1. The van der Waals surface area contributed by atoms with Crippen LogP contribution < -0.4 is 5.14 Å². The topological polar surface area (TPSA) is 84.2 Å². The molecule has 1 aromatic carbocycles. The Kier molecular flexibility index (Phi) is 5.65. The van der Waals surface area contributed by atoms with Gasteiger partial charge in [0, 0.05) is 12.2 Å². The number of sulfonamides is 1. The van der Waals surface area contributed by atoms with Gasteiger partial charge in [-0.1, -0.05) is 30.3 Å². The first-order valence-corrected chi connectivity index (χ1v) is 7.56. The standard InChI is InChI=1S/C13H18NO4S/c1-10(2)18-9-8-12(19(14,16)17)13(15)11-6-4-3-5-7-11/h3-7,10,12,14H,8-9H2,1-2H3. The largest absolute Gasteiger partial charge is 0.379 e. The van der Waals surface area contributed by atoms with Crippen LogP contribution in [-0.2, 0) is 14.8 Å². The summed E-state index contributed by atoms with van der Waals surface area (Å²) < 4.78 is 28.1. The lowest BCUT2D eigenvalue weighted by Gasteiger charge is -2.14. The van der Waals surface area contributed by atoms with Crippen molar-refractivity contribution in [3.05, 3.63) is 35.9 Å². The molecular weight excluding hydrogens is 266 g/mol. The van der Waals surface area contributed by atoms with Crippen LogP contribution >= 0.6 is 0 Å². The van der Waals surface area contributed by atoms with Crippen LogP contribution in [0.5, 0.6) is 0 Å². The molecule has 105 valence electrons. The van der Waals surface area contributed by atoms with E-state index in [9.17, 15) is 13.2 Å². The summed E-state index contributed by atoms with van der Waals surface area (Å²) in [6.45, 7) is 3.78. The first-order chi connectivity index (χ1) is 8.82. The summed E-state index contributed by atoms with van der Waals surface area (Å²) in [5.41, 5.74) is 0.299. The van der Waals surface area contributed by atoms with Gasteiger partial charge in [-0.2, -0.15) is 0 Å². The highest BCUT2D eigenvalue weighted by atomic mass is 32.2. The molecule has 0 fully saturated rings. The molecule has 6 heteroatoms. The molecule has 1 N–H and O–H groups in total. The summed E-state index contributed by atoms with van der Waals surface area (Å²) in [5.74, 6) is -0.553. The predicted octanol–water partition coefficient (Wildman–Crippen LogP) is 1.67. The van der Waals surface area contributed by atoms with Gasteiger partial charge in [-0.05, 0) is 20.3 Å². The van der Waals surface area contributed by atoms with Crippen molar-refractivity contribution in [3.8, 4) is 0 Å². The molecule has 0 spiro atoms. The number of rotatable bonds is 7. The average Bonchev–Trinajstić information content (AvgIpc) is 2.33. The molecule has 0 amide bonds. The van der Waals surface area contributed by atoms with Crippen molar-refractivity contribution in [2.24, 2.45) is 0 Å². The fraction of sp³-hybridized carbons (Fsp3) is 0.462. The smallest absolute Gasteiger partial charge is 0.235 e. The molecule has 5 nitrogen and oxygen atoms in total. The Morgan fingerprint density at radius 2 is 1.84 bits per heavy atom.